The summed E-state index contributed by atoms with van der Waals surface area (Å²) >= 11 is 0. The van der Waals surface area contributed by atoms with Crippen molar-refractivity contribution < 1.29 is 27.5 Å². The second kappa shape index (κ2) is 4.60. The Bertz CT molecular complexity index is 1050. The van der Waals surface area contributed by atoms with E-state index in [2.05, 4.69) is 5.10 Å². The van der Waals surface area contributed by atoms with Gasteiger partial charge in [-0.25, -0.2) is 27.0 Å². The van der Waals surface area contributed by atoms with Crippen molar-refractivity contribution >= 4 is 5.97 Å². The standard InChI is InChI=1S/C17H13F4N3O3/c18-9-3-8(4-10(19)5-9)11-1-2-12-22-24(14(27)23(11)12)16-6-15(7-16,13(25)26)17(16,20)21/h3-5,11H,1-2,6-7H2,(H,25,26). The molecule has 3 fully saturated rings. The molecule has 10 heteroatoms. The Morgan fingerprint density at radius 1 is 1.19 bits per heavy atom. The molecule has 1 unspecified atom stereocenters. The number of benzene rings is 1. The topological polar surface area (TPSA) is 77.1 Å². The number of hydrogen-bond donors (Lipinski definition) is 1. The molecule has 3 saturated carbocycles. The predicted molar refractivity (Wildman–Crippen MR) is 81.5 cm³/mol. The average molecular weight is 383 g/mol. The molecular formula is C17H13F4N3O3. The molecule has 6 rings (SSSR count). The summed E-state index contributed by atoms with van der Waals surface area (Å²) in [5.41, 5.74) is -4.65. The summed E-state index contributed by atoms with van der Waals surface area (Å²) in [6.07, 6.45) is -0.0730. The molecule has 2 bridgehead atoms. The molecule has 1 aromatic carbocycles. The maximum atomic E-state index is 14.5. The predicted octanol–water partition coefficient (Wildman–Crippen LogP) is 2.07. The van der Waals surface area contributed by atoms with Crippen LogP contribution in [0.15, 0.2) is 23.0 Å². The van der Waals surface area contributed by atoms with Crippen LogP contribution in [0.3, 0.4) is 0 Å². The summed E-state index contributed by atoms with van der Waals surface area (Å²) in [5, 5.41) is 13.1. The van der Waals surface area contributed by atoms with Crippen molar-refractivity contribution in [3.05, 3.63) is 51.7 Å². The van der Waals surface area contributed by atoms with Crippen LogP contribution in [0.4, 0.5) is 17.6 Å². The van der Waals surface area contributed by atoms with E-state index in [-0.39, 0.29) is 30.7 Å². The van der Waals surface area contributed by atoms with Gasteiger partial charge in [-0.1, -0.05) is 0 Å². The number of aryl methyl sites for hydroxylation is 1. The van der Waals surface area contributed by atoms with Gasteiger partial charge in [0, 0.05) is 25.3 Å². The second-order valence-electron chi connectivity index (χ2n) is 7.58. The Balaban J connectivity index is 1.58. The Hall–Kier alpha value is -2.65. The van der Waals surface area contributed by atoms with Gasteiger partial charge in [-0.3, -0.25) is 9.36 Å². The van der Waals surface area contributed by atoms with Crippen LogP contribution in [-0.4, -0.2) is 31.3 Å². The van der Waals surface area contributed by atoms with E-state index >= 15 is 0 Å². The van der Waals surface area contributed by atoms with Gasteiger partial charge < -0.3 is 5.11 Å². The fourth-order valence-electron chi connectivity index (χ4n) is 4.85. The molecule has 27 heavy (non-hydrogen) atoms. The third-order valence-electron chi connectivity index (χ3n) is 6.29. The number of carboxylic acids is 1. The van der Waals surface area contributed by atoms with Crippen molar-refractivity contribution in [3.8, 4) is 0 Å². The largest absolute Gasteiger partial charge is 0.481 e. The number of carbonyl (C=O) groups is 1. The second-order valence-corrected chi connectivity index (χ2v) is 7.58. The van der Waals surface area contributed by atoms with Gasteiger partial charge in [-0.05, 0) is 24.1 Å². The molecule has 0 saturated heterocycles. The van der Waals surface area contributed by atoms with Gasteiger partial charge in [0.15, 0.2) is 0 Å². The highest BCUT2D eigenvalue weighted by Gasteiger charge is 2.94. The lowest BCUT2D eigenvalue weighted by Crippen LogP contribution is -2.87. The summed E-state index contributed by atoms with van der Waals surface area (Å²) in [6.45, 7) is 0. The van der Waals surface area contributed by atoms with E-state index < -0.39 is 46.2 Å². The van der Waals surface area contributed by atoms with Gasteiger partial charge in [0.25, 0.3) is 5.92 Å². The zero-order valence-corrected chi connectivity index (χ0v) is 13.8. The van der Waals surface area contributed by atoms with E-state index in [1.807, 2.05) is 0 Å². The lowest BCUT2D eigenvalue weighted by molar-refractivity contribution is -0.387. The van der Waals surface area contributed by atoms with Crippen molar-refractivity contribution in [1.29, 1.82) is 0 Å². The lowest BCUT2D eigenvalue weighted by Gasteiger charge is -2.71. The Morgan fingerprint density at radius 3 is 2.37 bits per heavy atom. The molecule has 0 amide bonds. The molecule has 4 aliphatic rings. The first-order valence-corrected chi connectivity index (χ1v) is 8.41. The van der Waals surface area contributed by atoms with Crippen LogP contribution in [0.1, 0.15) is 36.7 Å². The first-order valence-electron chi connectivity index (χ1n) is 8.41. The average Bonchev–Trinajstić information content (AvgIpc) is 3.06. The molecule has 1 aromatic heterocycles. The molecule has 2 heterocycles. The zero-order valence-electron chi connectivity index (χ0n) is 13.8. The molecule has 1 N–H and O–H groups in total. The molecular weight excluding hydrogens is 370 g/mol. The van der Waals surface area contributed by atoms with Crippen LogP contribution < -0.4 is 5.69 Å². The van der Waals surface area contributed by atoms with Gasteiger partial charge in [-0.15, -0.1) is 0 Å². The maximum absolute atomic E-state index is 14.5. The van der Waals surface area contributed by atoms with E-state index in [0.717, 1.165) is 12.1 Å². The normalized spacial score (nSPS) is 32.5. The zero-order chi connectivity index (χ0) is 19.4. The minimum atomic E-state index is -3.58. The molecule has 2 aromatic rings. The number of rotatable bonds is 3. The maximum Gasteiger partial charge on any atom is 0.347 e. The van der Waals surface area contributed by atoms with Crippen LogP contribution in [0.2, 0.25) is 0 Å². The Morgan fingerprint density at radius 2 is 1.81 bits per heavy atom. The minimum Gasteiger partial charge on any atom is -0.481 e. The number of hydrogen-bond acceptors (Lipinski definition) is 3. The first-order chi connectivity index (χ1) is 12.6. The fourth-order valence-corrected chi connectivity index (χ4v) is 4.85. The highest BCUT2D eigenvalue weighted by atomic mass is 19.3. The molecule has 0 spiro atoms. The smallest absolute Gasteiger partial charge is 0.347 e. The Kier molecular flexibility index (Phi) is 2.81. The molecule has 6 nitrogen and oxygen atoms in total. The number of alkyl halides is 2. The number of aromatic nitrogens is 3. The van der Waals surface area contributed by atoms with E-state index in [9.17, 15) is 27.2 Å². The van der Waals surface area contributed by atoms with Gasteiger partial charge in [-0.2, -0.15) is 5.10 Å². The quantitative estimate of drug-likeness (QED) is 0.824. The SMILES string of the molecule is O=C(O)C12CC(n3nc4n(c3=O)C(c3cc(F)cc(F)c3)CC4)(C1)C2(F)F. The number of halogens is 4. The van der Waals surface area contributed by atoms with Crippen LogP contribution in [0.5, 0.6) is 0 Å². The summed E-state index contributed by atoms with van der Waals surface area (Å²) in [6, 6.07) is 2.20. The lowest BCUT2D eigenvalue weighted by atomic mass is 9.36. The minimum absolute atomic E-state index is 0.222. The molecule has 3 aliphatic carbocycles. The number of fused-ring (bicyclic) bond motifs is 1. The van der Waals surface area contributed by atoms with Gasteiger partial charge in [0.2, 0.25) is 0 Å². The van der Waals surface area contributed by atoms with E-state index in [0.29, 0.717) is 17.2 Å². The van der Waals surface area contributed by atoms with Gasteiger partial charge in [0.1, 0.15) is 28.4 Å². The number of nitrogens with zero attached hydrogens (tertiary/aromatic N) is 3. The molecule has 1 atom stereocenters. The van der Waals surface area contributed by atoms with Crippen molar-refractivity contribution in [2.45, 2.75) is 43.2 Å². The summed E-state index contributed by atoms with van der Waals surface area (Å²) in [7, 11) is 0. The van der Waals surface area contributed by atoms with Crippen LogP contribution in [0.25, 0.3) is 0 Å². The van der Waals surface area contributed by atoms with E-state index in [1.54, 1.807) is 0 Å². The summed E-state index contributed by atoms with van der Waals surface area (Å²) in [4.78, 5) is 24.0. The van der Waals surface area contributed by atoms with E-state index in [4.69, 9.17) is 5.11 Å². The summed E-state index contributed by atoms with van der Waals surface area (Å²) < 4.78 is 58.0. The third kappa shape index (κ3) is 1.65. The molecule has 142 valence electrons. The van der Waals surface area contributed by atoms with Gasteiger partial charge >= 0.3 is 11.7 Å². The van der Waals surface area contributed by atoms with Crippen molar-refractivity contribution in [2.75, 3.05) is 0 Å². The van der Waals surface area contributed by atoms with Gasteiger partial charge in [0.05, 0.1) is 6.04 Å². The molecule has 1 aliphatic heterocycles. The highest BCUT2D eigenvalue weighted by Crippen LogP contribution is 2.79. The highest BCUT2D eigenvalue weighted by molar-refractivity contribution is 5.82. The number of carboxylic acid groups (broad SMARTS) is 1. The fraction of sp³-hybridized carbons (Fsp3) is 0.471. The molecule has 0 radical (unpaired) electrons. The van der Waals surface area contributed by atoms with Crippen molar-refractivity contribution in [1.82, 2.24) is 14.3 Å². The van der Waals surface area contributed by atoms with Crippen LogP contribution >= 0.6 is 0 Å². The number of aliphatic carboxylic acids is 1. The van der Waals surface area contributed by atoms with E-state index in [1.165, 1.54) is 4.57 Å². The van der Waals surface area contributed by atoms with Crippen molar-refractivity contribution in [3.63, 3.8) is 0 Å². The first kappa shape index (κ1) is 16.5. The van der Waals surface area contributed by atoms with Crippen molar-refractivity contribution in [2.24, 2.45) is 5.41 Å². The third-order valence-corrected chi connectivity index (χ3v) is 6.29. The van der Waals surface area contributed by atoms with Crippen LogP contribution in [0, 0.1) is 17.0 Å². The summed E-state index contributed by atoms with van der Waals surface area (Å²) in [5.74, 6) is -6.51. The monoisotopic (exact) mass is 383 g/mol. The van der Waals surface area contributed by atoms with Crippen LogP contribution in [-0.2, 0) is 16.8 Å². The Labute approximate surface area is 149 Å².